The Kier molecular flexibility index (Phi) is 6.64. The molecule has 0 saturated heterocycles. The van der Waals surface area contributed by atoms with Crippen LogP contribution in [0, 0.1) is 0 Å². The van der Waals surface area contributed by atoms with E-state index in [2.05, 4.69) is 4.72 Å². The Balaban J connectivity index is 2.00. The molecule has 1 aromatic heterocycles. The summed E-state index contributed by atoms with van der Waals surface area (Å²) >= 11 is 7.38. The Hall–Kier alpha value is -1.83. The molecule has 1 heterocycles. The van der Waals surface area contributed by atoms with E-state index in [1.165, 1.54) is 17.4 Å². The Bertz CT molecular complexity index is 858. The number of carbonyl (C=O) groups is 1. The lowest BCUT2D eigenvalue weighted by molar-refractivity contribution is -0.126. The van der Waals surface area contributed by atoms with Gasteiger partial charge in [-0.15, -0.1) is 11.3 Å². The van der Waals surface area contributed by atoms with Crippen LogP contribution in [0.3, 0.4) is 0 Å². The lowest BCUT2D eigenvalue weighted by Crippen LogP contribution is -2.28. The van der Waals surface area contributed by atoms with Crippen LogP contribution in [0.2, 0.25) is 4.34 Å². The summed E-state index contributed by atoms with van der Waals surface area (Å²) in [6, 6.07) is 10.5. The van der Waals surface area contributed by atoms with Gasteiger partial charge in [0, 0.05) is 23.2 Å². The molecule has 0 fully saturated rings. The topological polar surface area (TPSA) is 66.5 Å². The van der Waals surface area contributed by atoms with E-state index < -0.39 is 10.0 Å². The fraction of sp³-hybridized carbons (Fsp3) is 0.235. The summed E-state index contributed by atoms with van der Waals surface area (Å²) in [5.41, 5.74) is 1.29. The minimum atomic E-state index is -3.30. The van der Waals surface area contributed by atoms with Crippen LogP contribution in [-0.4, -0.2) is 32.0 Å². The van der Waals surface area contributed by atoms with Gasteiger partial charge in [0.25, 0.3) is 0 Å². The molecule has 8 heteroatoms. The minimum absolute atomic E-state index is 0.0923. The molecule has 0 aliphatic rings. The van der Waals surface area contributed by atoms with Crippen molar-refractivity contribution in [3.63, 3.8) is 0 Å². The van der Waals surface area contributed by atoms with Crippen LogP contribution >= 0.6 is 22.9 Å². The first-order chi connectivity index (χ1) is 11.8. The molecular formula is C17H19ClN2O3S2. The molecule has 25 heavy (non-hydrogen) atoms. The number of thiophene rings is 1. The van der Waals surface area contributed by atoms with Crippen LogP contribution in [0.5, 0.6) is 0 Å². The normalized spacial score (nSPS) is 11.6. The molecule has 0 aliphatic carbocycles. The summed E-state index contributed by atoms with van der Waals surface area (Å²) in [5.74, 6) is -0.0923. The molecule has 0 spiro atoms. The van der Waals surface area contributed by atoms with Gasteiger partial charge in [0.05, 0.1) is 17.1 Å². The van der Waals surface area contributed by atoms with Crippen molar-refractivity contribution in [2.75, 3.05) is 17.5 Å². The van der Waals surface area contributed by atoms with Gasteiger partial charge in [0.2, 0.25) is 15.9 Å². The van der Waals surface area contributed by atoms with Crippen molar-refractivity contribution in [1.82, 2.24) is 4.90 Å². The second-order valence-electron chi connectivity index (χ2n) is 5.39. The smallest absolute Gasteiger partial charge is 0.246 e. The summed E-state index contributed by atoms with van der Waals surface area (Å²) in [6.45, 7) is 3.04. The number of nitrogens with zero attached hydrogens (tertiary/aromatic N) is 1. The number of nitrogens with one attached hydrogen (secondary N) is 1. The monoisotopic (exact) mass is 398 g/mol. The zero-order chi connectivity index (χ0) is 18.4. The van der Waals surface area contributed by atoms with Gasteiger partial charge < -0.3 is 4.90 Å². The van der Waals surface area contributed by atoms with E-state index in [1.54, 1.807) is 35.2 Å². The Morgan fingerprint density at radius 3 is 2.44 bits per heavy atom. The molecule has 1 aromatic carbocycles. The average Bonchev–Trinajstić information content (AvgIpc) is 2.95. The zero-order valence-corrected chi connectivity index (χ0v) is 16.3. The van der Waals surface area contributed by atoms with Crippen molar-refractivity contribution in [3.8, 4) is 0 Å². The molecule has 0 unspecified atom stereocenters. The second-order valence-corrected chi connectivity index (χ2v) is 8.94. The quantitative estimate of drug-likeness (QED) is 0.720. The number of hydrogen-bond acceptors (Lipinski definition) is 4. The molecule has 2 aromatic rings. The fourth-order valence-electron chi connectivity index (χ4n) is 2.12. The van der Waals surface area contributed by atoms with Crippen molar-refractivity contribution in [2.24, 2.45) is 0 Å². The Morgan fingerprint density at radius 1 is 1.24 bits per heavy atom. The lowest BCUT2D eigenvalue weighted by Gasteiger charge is -2.18. The van der Waals surface area contributed by atoms with Crippen LogP contribution in [0.1, 0.15) is 17.4 Å². The van der Waals surface area contributed by atoms with Crippen LogP contribution in [0.25, 0.3) is 6.08 Å². The summed E-state index contributed by atoms with van der Waals surface area (Å²) in [5, 5.41) is 0. The molecule has 0 bridgehead atoms. The molecule has 0 atom stereocenters. The third-order valence-electron chi connectivity index (χ3n) is 3.30. The minimum Gasteiger partial charge on any atom is -0.334 e. The van der Waals surface area contributed by atoms with E-state index in [9.17, 15) is 13.2 Å². The van der Waals surface area contributed by atoms with E-state index in [4.69, 9.17) is 11.6 Å². The van der Waals surface area contributed by atoms with Gasteiger partial charge in [-0.3, -0.25) is 9.52 Å². The maximum Gasteiger partial charge on any atom is 0.246 e. The fourth-order valence-corrected chi connectivity index (χ4v) is 3.79. The predicted molar refractivity (Wildman–Crippen MR) is 104 cm³/mol. The van der Waals surface area contributed by atoms with Gasteiger partial charge in [0.1, 0.15) is 0 Å². The number of carbonyl (C=O) groups excluding carboxylic acids is 1. The first-order valence-corrected chi connectivity index (χ1v) is 10.6. The maximum absolute atomic E-state index is 12.3. The molecule has 5 nitrogen and oxygen atoms in total. The first kappa shape index (κ1) is 19.5. The predicted octanol–water partition coefficient (Wildman–Crippen LogP) is 3.83. The van der Waals surface area contributed by atoms with Crippen molar-refractivity contribution in [3.05, 3.63) is 57.3 Å². The van der Waals surface area contributed by atoms with E-state index in [-0.39, 0.29) is 5.91 Å². The molecule has 0 saturated carbocycles. The molecule has 134 valence electrons. The summed E-state index contributed by atoms with van der Waals surface area (Å²) < 4.78 is 25.5. The number of hydrogen-bond donors (Lipinski definition) is 1. The third kappa shape index (κ3) is 6.53. The largest absolute Gasteiger partial charge is 0.334 e. The zero-order valence-electron chi connectivity index (χ0n) is 13.9. The molecule has 1 N–H and O–H groups in total. The van der Waals surface area contributed by atoms with Gasteiger partial charge in [-0.1, -0.05) is 23.7 Å². The number of amides is 1. The van der Waals surface area contributed by atoms with E-state index >= 15 is 0 Å². The number of benzene rings is 1. The van der Waals surface area contributed by atoms with E-state index in [0.717, 1.165) is 16.7 Å². The second kappa shape index (κ2) is 8.51. The lowest BCUT2D eigenvalue weighted by atomic mass is 10.2. The molecular weight excluding hydrogens is 380 g/mol. The van der Waals surface area contributed by atoms with Gasteiger partial charge in [-0.25, -0.2) is 8.42 Å². The van der Waals surface area contributed by atoms with E-state index in [0.29, 0.717) is 23.1 Å². The number of rotatable bonds is 7. The highest BCUT2D eigenvalue weighted by Crippen LogP contribution is 2.22. The number of halogens is 1. The SMILES string of the molecule is CCN(Cc1ccc(Cl)s1)C(=O)/C=C/c1ccc(NS(C)(=O)=O)cc1. The summed E-state index contributed by atoms with van der Waals surface area (Å²) in [4.78, 5) is 15.1. The van der Waals surface area contributed by atoms with Crippen molar-refractivity contribution >= 4 is 50.6 Å². The van der Waals surface area contributed by atoms with E-state index in [1.807, 2.05) is 19.1 Å². The molecule has 0 aliphatic heterocycles. The van der Waals surface area contributed by atoms with Gasteiger partial charge in [0.15, 0.2) is 0 Å². The average molecular weight is 399 g/mol. The molecule has 0 radical (unpaired) electrons. The Labute approximate surface area is 157 Å². The number of anilines is 1. The number of sulfonamides is 1. The molecule has 2 rings (SSSR count). The van der Waals surface area contributed by atoms with Gasteiger partial charge >= 0.3 is 0 Å². The first-order valence-electron chi connectivity index (χ1n) is 7.56. The van der Waals surface area contributed by atoms with Gasteiger partial charge in [-0.2, -0.15) is 0 Å². The highest BCUT2D eigenvalue weighted by Gasteiger charge is 2.10. The summed E-state index contributed by atoms with van der Waals surface area (Å²) in [6.07, 6.45) is 4.31. The van der Waals surface area contributed by atoms with Crippen LogP contribution in [-0.2, 0) is 21.4 Å². The van der Waals surface area contributed by atoms with Crippen molar-refractivity contribution < 1.29 is 13.2 Å². The van der Waals surface area contributed by atoms with Crippen LogP contribution < -0.4 is 4.72 Å². The van der Waals surface area contributed by atoms with Crippen LogP contribution in [0.4, 0.5) is 5.69 Å². The van der Waals surface area contributed by atoms with Crippen LogP contribution in [0.15, 0.2) is 42.5 Å². The summed E-state index contributed by atoms with van der Waals surface area (Å²) in [7, 11) is -3.30. The maximum atomic E-state index is 12.3. The Morgan fingerprint density at radius 2 is 1.92 bits per heavy atom. The number of likely N-dealkylation sites (N-methyl/N-ethyl adjacent to an activating group) is 1. The highest BCUT2D eigenvalue weighted by molar-refractivity contribution is 7.92. The van der Waals surface area contributed by atoms with Gasteiger partial charge in [-0.05, 0) is 42.8 Å². The third-order valence-corrected chi connectivity index (χ3v) is 5.12. The van der Waals surface area contributed by atoms with Crippen molar-refractivity contribution in [1.29, 1.82) is 0 Å². The highest BCUT2D eigenvalue weighted by atomic mass is 35.5. The standard InChI is InChI=1S/C17H19ClN2O3S2/c1-3-20(12-15-9-10-16(18)24-15)17(21)11-6-13-4-7-14(8-5-13)19-25(2,22)23/h4-11,19H,3,12H2,1-2H3/b11-6+. The van der Waals surface area contributed by atoms with Crippen molar-refractivity contribution in [2.45, 2.75) is 13.5 Å². The molecule has 1 amide bonds.